The van der Waals surface area contributed by atoms with E-state index in [0.29, 0.717) is 11.9 Å². The highest BCUT2D eigenvalue weighted by molar-refractivity contribution is 6.02. The first-order valence-electron chi connectivity index (χ1n) is 10.4. The van der Waals surface area contributed by atoms with Gasteiger partial charge in [-0.25, -0.2) is 9.97 Å². The highest BCUT2D eigenvalue weighted by atomic mass is 16.5. The zero-order chi connectivity index (χ0) is 20.5. The van der Waals surface area contributed by atoms with Gasteiger partial charge in [-0.15, -0.1) is 0 Å². The Kier molecular flexibility index (Phi) is 4.85. The molecule has 1 aliphatic rings. The van der Waals surface area contributed by atoms with E-state index < -0.39 is 0 Å². The van der Waals surface area contributed by atoms with Crippen LogP contribution in [0.5, 0.6) is 11.5 Å². The molecular weight excluding hydrogens is 374 g/mol. The summed E-state index contributed by atoms with van der Waals surface area (Å²) in [7, 11) is 0. The molecule has 6 heteroatoms. The second kappa shape index (κ2) is 7.80. The molecule has 0 amide bonds. The largest absolute Gasteiger partial charge is 0.457 e. The molecule has 4 aromatic rings. The summed E-state index contributed by atoms with van der Waals surface area (Å²) in [5.41, 5.74) is 10.6. The van der Waals surface area contributed by atoms with Crippen molar-refractivity contribution in [3.05, 3.63) is 66.6 Å². The fraction of sp³-hybridized carbons (Fsp3) is 0.250. The molecule has 1 aliphatic heterocycles. The normalized spacial score (nSPS) is 16.6. The lowest BCUT2D eigenvalue weighted by Gasteiger charge is -2.26. The summed E-state index contributed by atoms with van der Waals surface area (Å²) in [5, 5.41) is 4.44. The first-order valence-corrected chi connectivity index (χ1v) is 10.4. The Bertz CT molecular complexity index is 1160. The summed E-state index contributed by atoms with van der Waals surface area (Å²) >= 11 is 0. The fourth-order valence-corrected chi connectivity index (χ4v) is 4.44. The summed E-state index contributed by atoms with van der Waals surface area (Å²) in [4.78, 5) is 8.90. The Morgan fingerprint density at radius 3 is 2.53 bits per heavy atom. The highest BCUT2D eigenvalue weighted by Gasteiger charge is 2.25. The van der Waals surface area contributed by atoms with E-state index in [4.69, 9.17) is 10.5 Å². The minimum atomic E-state index is 0.366. The second-order valence-corrected chi connectivity index (χ2v) is 7.73. The number of nitrogens with zero attached hydrogens (tertiary/aromatic N) is 3. The first-order chi connectivity index (χ1) is 14.7. The van der Waals surface area contributed by atoms with Gasteiger partial charge in [0.25, 0.3) is 0 Å². The number of hydrogen-bond donors (Lipinski definition) is 2. The molecule has 6 nitrogen and oxygen atoms in total. The van der Waals surface area contributed by atoms with Crippen molar-refractivity contribution in [2.45, 2.75) is 25.8 Å². The lowest BCUT2D eigenvalue weighted by Crippen LogP contribution is -2.32. The molecule has 2 aromatic carbocycles. The summed E-state index contributed by atoms with van der Waals surface area (Å²) in [6, 6.07) is 18.3. The molecule has 30 heavy (non-hydrogen) atoms. The molecule has 3 heterocycles. The molecule has 0 aliphatic carbocycles. The molecular formula is C24H25N5O. The van der Waals surface area contributed by atoms with Crippen molar-refractivity contribution in [2.24, 2.45) is 0 Å². The number of rotatable bonds is 4. The highest BCUT2D eigenvalue weighted by Crippen LogP contribution is 2.39. The molecule has 152 valence electrons. The van der Waals surface area contributed by atoms with Crippen LogP contribution >= 0.6 is 0 Å². The van der Waals surface area contributed by atoms with Crippen molar-refractivity contribution in [3.63, 3.8) is 0 Å². The second-order valence-electron chi connectivity index (χ2n) is 7.73. The predicted octanol–water partition coefficient (Wildman–Crippen LogP) is 4.71. The third-order valence-corrected chi connectivity index (χ3v) is 5.82. The van der Waals surface area contributed by atoms with Gasteiger partial charge in [-0.05, 0) is 56.1 Å². The Labute approximate surface area is 175 Å². The van der Waals surface area contributed by atoms with Gasteiger partial charge in [0.05, 0.1) is 5.39 Å². The van der Waals surface area contributed by atoms with E-state index in [1.807, 2.05) is 42.5 Å². The molecule has 1 atom stereocenters. The van der Waals surface area contributed by atoms with Crippen molar-refractivity contribution in [1.29, 1.82) is 0 Å². The molecule has 0 saturated carbocycles. The van der Waals surface area contributed by atoms with E-state index in [2.05, 4.69) is 38.9 Å². The number of aromatic nitrogens is 3. The van der Waals surface area contributed by atoms with Crippen molar-refractivity contribution in [3.8, 4) is 22.6 Å². The van der Waals surface area contributed by atoms with Crippen LogP contribution in [0, 0.1) is 6.92 Å². The van der Waals surface area contributed by atoms with E-state index in [0.717, 1.165) is 59.6 Å². The van der Waals surface area contributed by atoms with Crippen LogP contribution in [-0.2, 0) is 0 Å². The van der Waals surface area contributed by atoms with E-state index in [1.165, 1.54) is 5.69 Å². The van der Waals surface area contributed by atoms with Crippen LogP contribution in [0.3, 0.4) is 0 Å². The Morgan fingerprint density at radius 1 is 1.03 bits per heavy atom. The van der Waals surface area contributed by atoms with Crippen LogP contribution in [-0.4, -0.2) is 27.6 Å². The van der Waals surface area contributed by atoms with Gasteiger partial charge in [0.1, 0.15) is 29.3 Å². The van der Waals surface area contributed by atoms with Crippen molar-refractivity contribution >= 4 is 16.9 Å². The van der Waals surface area contributed by atoms with Gasteiger partial charge in [0, 0.05) is 23.8 Å². The van der Waals surface area contributed by atoms with E-state index >= 15 is 0 Å². The van der Waals surface area contributed by atoms with Crippen LogP contribution in [0.4, 0.5) is 5.82 Å². The average molecular weight is 399 g/mol. The maximum Gasteiger partial charge on any atom is 0.146 e. The average Bonchev–Trinajstić information content (AvgIpc) is 3.09. The van der Waals surface area contributed by atoms with Gasteiger partial charge >= 0.3 is 0 Å². The number of ether oxygens (including phenoxy) is 1. The van der Waals surface area contributed by atoms with Gasteiger partial charge in [0.2, 0.25) is 0 Å². The molecule has 5 rings (SSSR count). The van der Waals surface area contributed by atoms with Gasteiger partial charge in [-0.3, -0.25) is 0 Å². The number of piperidine rings is 1. The monoisotopic (exact) mass is 399 g/mol. The van der Waals surface area contributed by atoms with Crippen molar-refractivity contribution in [2.75, 3.05) is 18.8 Å². The quantitative estimate of drug-likeness (QED) is 0.520. The lowest BCUT2D eigenvalue weighted by atomic mass is 10.0. The zero-order valence-electron chi connectivity index (χ0n) is 17.0. The maximum atomic E-state index is 6.33. The number of nitrogens with two attached hydrogens (primary N) is 1. The van der Waals surface area contributed by atoms with Crippen LogP contribution in [0.1, 0.15) is 24.6 Å². The molecule has 0 bridgehead atoms. The third-order valence-electron chi connectivity index (χ3n) is 5.82. The van der Waals surface area contributed by atoms with Gasteiger partial charge in [-0.2, -0.15) is 0 Å². The number of hydrogen-bond acceptors (Lipinski definition) is 5. The van der Waals surface area contributed by atoms with Crippen LogP contribution in [0.25, 0.3) is 22.2 Å². The molecule has 0 spiro atoms. The SMILES string of the molecule is Cc1c(-c2ccc(Oc3ccccc3)cc2)c2c(N)ncnc2n1[C@@H]1CCCNC1. The van der Waals surface area contributed by atoms with Gasteiger partial charge < -0.3 is 20.4 Å². The van der Waals surface area contributed by atoms with Crippen molar-refractivity contribution in [1.82, 2.24) is 19.9 Å². The Morgan fingerprint density at radius 2 is 1.80 bits per heavy atom. The Hall–Kier alpha value is -3.38. The minimum Gasteiger partial charge on any atom is -0.457 e. The minimum absolute atomic E-state index is 0.366. The standard InChI is InChI=1S/C24H25N5O/c1-16-21(17-9-11-20(12-10-17)30-19-7-3-2-4-8-19)22-23(25)27-15-28-24(22)29(16)18-6-5-13-26-14-18/h2-4,7-12,15,18,26H,5-6,13-14H2,1H3,(H2,25,27,28)/t18-/m1/s1. The first kappa shape index (κ1) is 18.6. The van der Waals surface area contributed by atoms with E-state index in [-0.39, 0.29) is 0 Å². The number of para-hydroxylation sites is 1. The smallest absolute Gasteiger partial charge is 0.146 e. The summed E-state index contributed by atoms with van der Waals surface area (Å²) in [6.07, 6.45) is 3.85. The van der Waals surface area contributed by atoms with E-state index in [1.54, 1.807) is 6.33 Å². The van der Waals surface area contributed by atoms with Crippen molar-refractivity contribution < 1.29 is 4.74 Å². The molecule has 1 saturated heterocycles. The maximum absolute atomic E-state index is 6.33. The Balaban J connectivity index is 1.58. The van der Waals surface area contributed by atoms with E-state index in [9.17, 15) is 0 Å². The number of anilines is 1. The fourth-order valence-electron chi connectivity index (χ4n) is 4.44. The van der Waals surface area contributed by atoms with Crippen LogP contribution in [0.15, 0.2) is 60.9 Å². The lowest BCUT2D eigenvalue weighted by molar-refractivity contribution is 0.374. The third kappa shape index (κ3) is 3.29. The predicted molar refractivity (Wildman–Crippen MR) is 120 cm³/mol. The molecule has 0 radical (unpaired) electrons. The molecule has 1 fully saturated rings. The number of benzene rings is 2. The summed E-state index contributed by atoms with van der Waals surface area (Å²) in [6.45, 7) is 4.17. The summed E-state index contributed by atoms with van der Waals surface area (Å²) in [5.74, 6) is 2.14. The topological polar surface area (TPSA) is 78.0 Å². The van der Waals surface area contributed by atoms with Crippen LogP contribution in [0.2, 0.25) is 0 Å². The zero-order valence-corrected chi connectivity index (χ0v) is 17.0. The van der Waals surface area contributed by atoms with Crippen LogP contribution < -0.4 is 15.8 Å². The van der Waals surface area contributed by atoms with Gasteiger partial charge in [-0.1, -0.05) is 30.3 Å². The number of fused-ring (bicyclic) bond motifs is 1. The number of nitrogen functional groups attached to an aromatic ring is 1. The molecule has 3 N–H and O–H groups in total. The molecule has 2 aromatic heterocycles. The van der Waals surface area contributed by atoms with Gasteiger partial charge in [0.15, 0.2) is 0 Å². The molecule has 0 unspecified atom stereocenters. The number of nitrogens with one attached hydrogen (secondary N) is 1. The summed E-state index contributed by atoms with van der Waals surface area (Å²) < 4.78 is 8.28.